The van der Waals surface area contributed by atoms with E-state index >= 15 is 0 Å². The van der Waals surface area contributed by atoms with Crippen molar-refractivity contribution in [3.05, 3.63) is 71.4 Å². The van der Waals surface area contributed by atoms with Gasteiger partial charge in [0.05, 0.1) is 0 Å². The number of benzene rings is 2. The number of para-hydroxylation sites is 1. The van der Waals surface area contributed by atoms with Crippen molar-refractivity contribution < 1.29 is 4.79 Å². The normalized spacial score (nSPS) is 17.1. The van der Waals surface area contributed by atoms with E-state index in [1.807, 2.05) is 0 Å². The SMILES string of the molecule is CC1(C)CCc2c(c3ccccc3n2Cc2ccccc2)CCNC1=O. The van der Waals surface area contributed by atoms with Gasteiger partial charge in [-0.2, -0.15) is 0 Å². The number of aromatic nitrogens is 1. The largest absolute Gasteiger partial charge is 0.355 e. The Morgan fingerprint density at radius 2 is 1.73 bits per heavy atom. The molecule has 1 aliphatic heterocycles. The molecule has 3 heteroatoms. The molecule has 0 aliphatic carbocycles. The monoisotopic (exact) mass is 346 g/mol. The third kappa shape index (κ3) is 3.03. The molecule has 1 N–H and O–H groups in total. The number of carbonyl (C=O) groups excluding carboxylic acids is 1. The lowest BCUT2D eigenvalue weighted by Gasteiger charge is -2.23. The predicted molar refractivity (Wildman–Crippen MR) is 106 cm³/mol. The van der Waals surface area contributed by atoms with Crippen molar-refractivity contribution in [1.29, 1.82) is 0 Å². The van der Waals surface area contributed by atoms with E-state index in [-0.39, 0.29) is 11.3 Å². The van der Waals surface area contributed by atoms with Gasteiger partial charge < -0.3 is 9.88 Å². The minimum Gasteiger partial charge on any atom is -0.355 e. The first-order valence-electron chi connectivity index (χ1n) is 9.47. The topological polar surface area (TPSA) is 34.0 Å². The molecular formula is C23H26N2O. The average Bonchev–Trinajstić information content (AvgIpc) is 2.95. The fourth-order valence-electron chi connectivity index (χ4n) is 4.02. The van der Waals surface area contributed by atoms with Crippen LogP contribution in [-0.4, -0.2) is 17.0 Å². The molecule has 0 unspecified atom stereocenters. The zero-order valence-corrected chi connectivity index (χ0v) is 15.6. The lowest BCUT2D eigenvalue weighted by Crippen LogP contribution is -2.37. The molecule has 3 aromatic rings. The standard InChI is InChI=1S/C23H26N2O/c1-23(2)14-12-21-19(13-15-24-22(23)26)18-10-6-7-11-20(18)25(21)16-17-8-4-3-5-9-17/h3-11H,12-16H2,1-2H3,(H,24,26). The molecule has 0 saturated heterocycles. The number of carbonyl (C=O) groups is 1. The summed E-state index contributed by atoms with van der Waals surface area (Å²) < 4.78 is 2.46. The molecule has 1 aromatic heterocycles. The summed E-state index contributed by atoms with van der Waals surface area (Å²) >= 11 is 0. The number of nitrogens with zero attached hydrogens (tertiary/aromatic N) is 1. The maximum absolute atomic E-state index is 12.4. The zero-order chi connectivity index (χ0) is 18.1. The molecule has 0 spiro atoms. The summed E-state index contributed by atoms with van der Waals surface area (Å²) in [6.07, 6.45) is 2.67. The number of hydrogen-bond acceptors (Lipinski definition) is 1. The molecule has 1 amide bonds. The molecule has 4 rings (SSSR count). The van der Waals surface area contributed by atoms with Gasteiger partial charge in [0.15, 0.2) is 0 Å². The van der Waals surface area contributed by atoms with Gasteiger partial charge in [0.1, 0.15) is 0 Å². The van der Waals surface area contributed by atoms with Crippen molar-refractivity contribution in [1.82, 2.24) is 9.88 Å². The molecule has 1 aliphatic rings. The van der Waals surface area contributed by atoms with Gasteiger partial charge >= 0.3 is 0 Å². The van der Waals surface area contributed by atoms with Gasteiger partial charge in [-0.25, -0.2) is 0 Å². The Kier molecular flexibility index (Phi) is 4.31. The second-order valence-electron chi connectivity index (χ2n) is 7.90. The number of fused-ring (bicyclic) bond motifs is 3. The van der Waals surface area contributed by atoms with Crippen molar-refractivity contribution >= 4 is 16.8 Å². The molecule has 134 valence electrons. The first kappa shape index (κ1) is 16.9. The maximum atomic E-state index is 12.4. The summed E-state index contributed by atoms with van der Waals surface area (Å²) in [5, 5.41) is 4.46. The Bertz CT molecular complexity index is 938. The summed E-state index contributed by atoms with van der Waals surface area (Å²) in [4.78, 5) is 12.4. The van der Waals surface area contributed by atoms with Crippen LogP contribution in [0.25, 0.3) is 10.9 Å². The van der Waals surface area contributed by atoms with Crippen LogP contribution in [0.5, 0.6) is 0 Å². The van der Waals surface area contributed by atoms with E-state index in [4.69, 9.17) is 0 Å². The third-order valence-corrected chi connectivity index (χ3v) is 5.64. The molecule has 2 aromatic carbocycles. The Morgan fingerprint density at radius 1 is 1.00 bits per heavy atom. The molecule has 0 radical (unpaired) electrons. The molecule has 0 atom stereocenters. The van der Waals surface area contributed by atoms with Crippen LogP contribution in [0.4, 0.5) is 0 Å². The van der Waals surface area contributed by atoms with Crippen molar-refractivity contribution in [3.63, 3.8) is 0 Å². The highest BCUT2D eigenvalue weighted by Crippen LogP contribution is 2.32. The lowest BCUT2D eigenvalue weighted by molar-refractivity contribution is -0.129. The molecule has 2 heterocycles. The van der Waals surface area contributed by atoms with Crippen LogP contribution in [-0.2, 0) is 24.2 Å². The van der Waals surface area contributed by atoms with Gasteiger partial charge in [-0.15, -0.1) is 0 Å². The Balaban J connectivity index is 1.84. The number of amides is 1. The number of nitrogens with one attached hydrogen (secondary N) is 1. The summed E-state index contributed by atoms with van der Waals surface area (Å²) in [5.41, 5.74) is 5.06. The number of rotatable bonds is 2. The minimum absolute atomic E-state index is 0.168. The van der Waals surface area contributed by atoms with Crippen molar-refractivity contribution in [2.24, 2.45) is 5.41 Å². The van der Waals surface area contributed by atoms with Crippen LogP contribution >= 0.6 is 0 Å². The molecule has 0 saturated carbocycles. The Morgan fingerprint density at radius 3 is 2.54 bits per heavy atom. The molecule has 0 fully saturated rings. The smallest absolute Gasteiger partial charge is 0.225 e. The lowest BCUT2D eigenvalue weighted by atomic mass is 9.86. The van der Waals surface area contributed by atoms with Gasteiger partial charge in [-0.1, -0.05) is 62.4 Å². The first-order chi connectivity index (χ1) is 12.6. The molecule has 26 heavy (non-hydrogen) atoms. The van der Waals surface area contributed by atoms with Gasteiger partial charge in [-0.05, 0) is 36.5 Å². The van der Waals surface area contributed by atoms with Gasteiger partial charge in [0.25, 0.3) is 0 Å². The van der Waals surface area contributed by atoms with Gasteiger partial charge in [-0.3, -0.25) is 4.79 Å². The van der Waals surface area contributed by atoms with Crippen LogP contribution in [0.2, 0.25) is 0 Å². The fourth-order valence-corrected chi connectivity index (χ4v) is 4.02. The second kappa shape index (κ2) is 6.64. The van der Waals surface area contributed by atoms with Crippen molar-refractivity contribution in [2.75, 3.05) is 6.54 Å². The summed E-state index contributed by atoms with van der Waals surface area (Å²) in [6.45, 7) is 5.68. The molecule has 3 nitrogen and oxygen atoms in total. The predicted octanol–water partition coefficient (Wildman–Crippen LogP) is 4.32. The van der Waals surface area contributed by atoms with E-state index in [0.29, 0.717) is 6.54 Å². The van der Waals surface area contributed by atoms with Gasteiger partial charge in [0, 0.05) is 35.1 Å². The minimum atomic E-state index is -0.338. The van der Waals surface area contributed by atoms with E-state index in [0.717, 1.165) is 25.8 Å². The average molecular weight is 346 g/mol. The van der Waals surface area contributed by atoms with E-state index in [9.17, 15) is 4.79 Å². The summed E-state index contributed by atoms with van der Waals surface area (Å²) in [7, 11) is 0. The Hall–Kier alpha value is -2.55. The first-order valence-corrected chi connectivity index (χ1v) is 9.47. The van der Waals surface area contributed by atoms with Gasteiger partial charge in [0.2, 0.25) is 5.91 Å². The van der Waals surface area contributed by atoms with Crippen molar-refractivity contribution in [3.8, 4) is 0 Å². The maximum Gasteiger partial charge on any atom is 0.225 e. The summed E-state index contributed by atoms with van der Waals surface area (Å²) in [5.74, 6) is 0.168. The van der Waals surface area contributed by atoms with Crippen molar-refractivity contribution in [2.45, 2.75) is 39.7 Å². The van der Waals surface area contributed by atoms with E-state index in [2.05, 4.69) is 78.3 Å². The zero-order valence-electron chi connectivity index (χ0n) is 15.6. The van der Waals surface area contributed by atoms with E-state index in [1.165, 1.54) is 27.7 Å². The van der Waals surface area contributed by atoms with Crippen LogP contribution in [0.1, 0.15) is 37.1 Å². The highest BCUT2D eigenvalue weighted by molar-refractivity contribution is 5.86. The fraction of sp³-hybridized carbons (Fsp3) is 0.348. The van der Waals surface area contributed by atoms with Crippen LogP contribution in [0, 0.1) is 5.41 Å². The highest BCUT2D eigenvalue weighted by atomic mass is 16.2. The van der Waals surface area contributed by atoms with Crippen LogP contribution in [0.3, 0.4) is 0 Å². The third-order valence-electron chi connectivity index (χ3n) is 5.64. The number of hydrogen-bond donors (Lipinski definition) is 1. The highest BCUT2D eigenvalue weighted by Gasteiger charge is 2.30. The second-order valence-corrected chi connectivity index (χ2v) is 7.90. The van der Waals surface area contributed by atoms with Crippen LogP contribution in [0.15, 0.2) is 54.6 Å². The Labute approximate surface area is 155 Å². The molecule has 0 bridgehead atoms. The summed E-state index contributed by atoms with van der Waals surface area (Å²) in [6, 6.07) is 19.3. The quantitative estimate of drug-likeness (QED) is 0.737. The van der Waals surface area contributed by atoms with Crippen LogP contribution < -0.4 is 5.32 Å². The molecular weight excluding hydrogens is 320 g/mol. The van der Waals surface area contributed by atoms with E-state index in [1.54, 1.807) is 0 Å². The van der Waals surface area contributed by atoms with E-state index < -0.39 is 0 Å².